The second kappa shape index (κ2) is 6.97. The van der Waals surface area contributed by atoms with Gasteiger partial charge in [0.2, 0.25) is 5.88 Å². The Hall–Kier alpha value is -4.26. The van der Waals surface area contributed by atoms with Gasteiger partial charge in [0.1, 0.15) is 22.7 Å². The Morgan fingerprint density at radius 1 is 0.800 bits per heavy atom. The van der Waals surface area contributed by atoms with Gasteiger partial charge in [-0.05, 0) is 35.0 Å². The largest absolute Gasteiger partial charge is 0.493 e. The third-order valence-electron chi connectivity index (χ3n) is 4.72. The molecule has 0 spiro atoms. The maximum absolute atomic E-state index is 15.4. The summed E-state index contributed by atoms with van der Waals surface area (Å²) in [4.78, 5) is 11.4. The molecule has 2 aromatic heterocycles. The normalized spacial score (nSPS) is 11.1. The molecule has 0 bridgehead atoms. The zero-order valence-electron chi connectivity index (χ0n) is 15.5. The first-order valence-corrected chi connectivity index (χ1v) is 9.10. The summed E-state index contributed by atoms with van der Waals surface area (Å²) < 4.78 is 21.3. The zero-order valence-corrected chi connectivity index (χ0v) is 15.5. The molecular weight excluding hydrogens is 385 g/mol. The number of para-hydroxylation sites is 1. The van der Waals surface area contributed by atoms with E-state index in [1.807, 2.05) is 60.7 Å². The molecule has 0 radical (unpaired) electrons. The molecule has 5 aromatic rings. The summed E-state index contributed by atoms with van der Waals surface area (Å²) in [6.45, 7) is 0. The van der Waals surface area contributed by atoms with E-state index in [0.717, 1.165) is 10.8 Å². The van der Waals surface area contributed by atoms with Crippen LogP contribution in [0.25, 0.3) is 32.9 Å². The zero-order chi connectivity index (χ0) is 20.7. The quantitative estimate of drug-likeness (QED) is 0.434. The maximum Gasteiger partial charge on any atom is 0.317 e. The number of hydrogen-bond donors (Lipinski definition) is 2. The van der Waals surface area contributed by atoms with E-state index in [1.165, 1.54) is 6.20 Å². The van der Waals surface area contributed by atoms with Crippen molar-refractivity contribution in [3.63, 3.8) is 0 Å². The predicted octanol–water partition coefficient (Wildman–Crippen LogP) is 5.19. The Kier molecular flexibility index (Phi) is 4.14. The van der Waals surface area contributed by atoms with Gasteiger partial charge in [0.15, 0.2) is 5.82 Å². The monoisotopic (exact) mass is 399 g/mol. The average Bonchev–Trinajstić information content (AvgIpc) is 2.75. The lowest BCUT2D eigenvalue weighted by Gasteiger charge is -2.13. The fourth-order valence-electron chi connectivity index (χ4n) is 3.38. The van der Waals surface area contributed by atoms with Crippen LogP contribution in [-0.4, -0.2) is 25.2 Å². The van der Waals surface area contributed by atoms with E-state index in [1.54, 1.807) is 6.07 Å². The van der Waals surface area contributed by atoms with E-state index >= 15 is 4.39 Å². The number of rotatable bonds is 3. The topological polar surface area (TPSA) is 88.4 Å². The van der Waals surface area contributed by atoms with E-state index in [2.05, 4.69) is 15.0 Å². The molecule has 30 heavy (non-hydrogen) atoms. The molecule has 0 aliphatic heterocycles. The van der Waals surface area contributed by atoms with Crippen molar-refractivity contribution < 1.29 is 19.3 Å². The summed E-state index contributed by atoms with van der Waals surface area (Å²) >= 11 is 0. The molecule has 0 amide bonds. The van der Waals surface area contributed by atoms with E-state index in [0.29, 0.717) is 17.1 Å². The van der Waals surface area contributed by atoms with Crippen LogP contribution in [0.15, 0.2) is 72.9 Å². The van der Waals surface area contributed by atoms with Crippen LogP contribution in [-0.2, 0) is 0 Å². The highest BCUT2D eigenvalue weighted by Gasteiger charge is 2.19. The van der Waals surface area contributed by atoms with E-state index in [4.69, 9.17) is 4.74 Å². The molecule has 3 aromatic carbocycles. The first kappa shape index (κ1) is 17.8. The van der Waals surface area contributed by atoms with Crippen LogP contribution in [0.3, 0.4) is 0 Å². The van der Waals surface area contributed by atoms with Gasteiger partial charge in [0.25, 0.3) is 0 Å². The molecule has 5 rings (SSSR count). The number of fused-ring (bicyclic) bond motifs is 2. The third kappa shape index (κ3) is 3.02. The van der Waals surface area contributed by atoms with Crippen molar-refractivity contribution in [2.45, 2.75) is 0 Å². The lowest BCUT2D eigenvalue weighted by atomic mass is 10.00. The minimum absolute atomic E-state index is 0.00930. The van der Waals surface area contributed by atoms with Crippen molar-refractivity contribution >= 4 is 21.7 Å². The second-order valence-corrected chi connectivity index (χ2v) is 6.64. The molecular formula is C23H14FN3O3. The van der Waals surface area contributed by atoms with Crippen molar-refractivity contribution in [3.05, 3.63) is 78.7 Å². The molecule has 0 atom stereocenters. The third-order valence-corrected chi connectivity index (χ3v) is 4.72. The van der Waals surface area contributed by atoms with Crippen LogP contribution in [0, 0.1) is 5.82 Å². The number of benzene rings is 3. The number of halogens is 1. The minimum atomic E-state index is -0.775. The number of nitrogens with zero attached hydrogens (tertiary/aromatic N) is 3. The van der Waals surface area contributed by atoms with Gasteiger partial charge in [0, 0.05) is 11.8 Å². The molecule has 0 aliphatic carbocycles. The highest BCUT2D eigenvalue weighted by molar-refractivity contribution is 5.99. The molecule has 146 valence electrons. The van der Waals surface area contributed by atoms with Crippen molar-refractivity contribution in [3.8, 4) is 34.6 Å². The van der Waals surface area contributed by atoms with Crippen LogP contribution in [0.4, 0.5) is 4.39 Å². The smallest absolute Gasteiger partial charge is 0.317 e. The lowest BCUT2D eigenvalue weighted by molar-refractivity contribution is 0.402. The van der Waals surface area contributed by atoms with Gasteiger partial charge >= 0.3 is 6.01 Å². The fraction of sp³-hybridized carbons (Fsp3) is 0. The summed E-state index contributed by atoms with van der Waals surface area (Å²) in [6.07, 6.45) is 1.28. The standard InChI is InChI=1S/C23H14FN3O3/c24-19-20(25-12-18-21(19)26-23(29)27-22(18)28)17-11-15(30-14-7-2-1-3-8-14)10-13-6-4-5-9-16(13)17/h1-12H,(H2,26,27,28,29). The SMILES string of the molecule is Oc1nc(O)c2cnc(-c3cc(Oc4ccccc4)cc4ccccc34)c(F)c2n1. The van der Waals surface area contributed by atoms with Gasteiger partial charge in [-0.3, -0.25) is 4.98 Å². The molecule has 0 aliphatic rings. The number of hydrogen-bond acceptors (Lipinski definition) is 6. The molecule has 0 unspecified atom stereocenters. The second-order valence-electron chi connectivity index (χ2n) is 6.64. The Morgan fingerprint density at radius 3 is 2.40 bits per heavy atom. The molecule has 0 fully saturated rings. The number of ether oxygens (including phenoxy) is 1. The van der Waals surface area contributed by atoms with Gasteiger partial charge < -0.3 is 14.9 Å². The van der Waals surface area contributed by atoms with Gasteiger partial charge in [-0.25, -0.2) is 4.39 Å². The highest BCUT2D eigenvalue weighted by atomic mass is 19.1. The van der Waals surface area contributed by atoms with Gasteiger partial charge in [-0.1, -0.05) is 42.5 Å². The molecule has 6 nitrogen and oxygen atoms in total. The van der Waals surface area contributed by atoms with Gasteiger partial charge in [0.05, 0.1) is 5.39 Å². The Labute approximate surface area is 169 Å². The van der Waals surface area contributed by atoms with Crippen LogP contribution in [0.1, 0.15) is 0 Å². The highest BCUT2D eigenvalue weighted by Crippen LogP contribution is 2.37. The molecule has 2 N–H and O–H groups in total. The van der Waals surface area contributed by atoms with Crippen molar-refractivity contribution in [1.82, 2.24) is 15.0 Å². The first-order chi connectivity index (χ1) is 14.6. The van der Waals surface area contributed by atoms with Crippen LogP contribution >= 0.6 is 0 Å². The number of aromatic nitrogens is 3. The maximum atomic E-state index is 15.4. The summed E-state index contributed by atoms with van der Waals surface area (Å²) in [6, 6.07) is 19.6. The van der Waals surface area contributed by atoms with Crippen molar-refractivity contribution in [1.29, 1.82) is 0 Å². The summed E-state index contributed by atoms with van der Waals surface area (Å²) in [5.74, 6) is -0.151. The minimum Gasteiger partial charge on any atom is -0.493 e. The molecule has 0 saturated heterocycles. The predicted molar refractivity (Wildman–Crippen MR) is 110 cm³/mol. The Balaban J connectivity index is 1.75. The molecule has 0 saturated carbocycles. The molecule has 7 heteroatoms. The van der Waals surface area contributed by atoms with Gasteiger partial charge in [-0.15, -0.1) is 0 Å². The fourth-order valence-corrected chi connectivity index (χ4v) is 3.38. The number of pyridine rings is 1. The van der Waals surface area contributed by atoms with E-state index in [-0.39, 0.29) is 16.6 Å². The van der Waals surface area contributed by atoms with E-state index < -0.39 is 17.7 Å². The Bertz CT molecular complexity index is 1410. The van der Waals surface area contributed by atoms with Crippen LogP contribution in [0.2, 0.25) is 0 Å². The van der Waals surface area contributed by atoms with Crippen molar-refractivity contribution in [2.75, 3.05) is 0 Å². The number of aromatic hydroxyl groups is 2. The average molecular weight is 399 g/mol. The first-order valence-electron chi connectivity index (χ1n) is 9.10. The Morgan fingerprint density at radius 2 is 1.57 bits per heavy atom. The van der Waals surface area contributed by atoms with Gasteiger partial charge in [-0.2, -0.15) is 9.97 Å². The van der Waals surface area contributed by atoms with Crippen LogP contribution < -0.4 is 4.74 Å². The lowest BCUT2D eigenvalue weighted by Crippen LogP contribution is -1.96. The van der Waals surface area contributed by atoms with Crippen molar-refractivity contribution in [2.24, 2.45) is 0 Å². The van der Waals surface area contributed by atoms with E-state index in [9.17, 15) is 10.2 Å². The summed E-state index contributed by atoms with van der Waals surface area (Å²) in [7, 11) is 0. The summed E-state index contributed by atoms with van der Waals surface area (Å²) in [5.41, 5.74) is 0.300. The molecule has 2 heterocycles. The summed E-state index contributed by atoms with van der Waals surface area (Å²) in [5, 5.41) is 21.1. The van der Waals surface area contributed by atoms with Crippen LogP contribution in [0.5, 0.6) is 23.4 Å².